The van der Waals surface area contributed by atoms with Gasteiger partial charge in [-0.05, 0) is 29.8 Å². The summed E-state index contributed by atoms with van der Waals surface area (Å²) in [6, 6.07) is 16.3. The predicted molar refractivity (Wildman–Crippen MR) is 77.1 cm³/mol. The molecule has 0 aliphatic carbocycles. The van der Waals surface area contributed by atoms with E-state index in [2.05, 4.69) is 10.5 Å². The lowest BCUT2D eigenvalue weighted by molar-refractivity contribution is 0.167. The molecular formula is C15H14N2O3. The lowest BCUT2D eigenvalue weighted by Crippen LogP contribution is -2.10. The third kappa shape index (κ3) is 4.13. The molecule has 1 amide bonds. The van der Waals surface area contributed by atoms with Gasteiger partial charge < -0.3 is 4.74 Å². The van der Waals surface area contributed by atoms with E-state index >= 15 is 0 Å². The molecule has 102 valence electrons. The van der Waals surface area contributed by atoms with Crippen molar-refractivity contribution in [2.75, 3.05) is 12.4 Å². The summed E-state index contributed by atoms with van der Waals surface area (Å²) < 4.78 is 5.02. The van der Waals surface area contributed by atoms with Crippen LogP contribution in [0.15, 0.2) is 59.8 Å². The summed E-state index contributed by atoms with van der Waals surface area (Å²) in [5.41, 5.74) is 1.45. The summed E-state index contributed by atoms with van der Waals surface area (Å²) >= 11 is 0. The molecule has 0 saturated heterocycles. The molecule has 20 heavy (non-hydrogen) atoms. The summed E-state index contributed by atoms with van der Waals surface area (Å²) in [6.45, 7) is 0. The number of hydrogen-bond donors (Lipinski definition) is 1. The number of carbonyl (C=O) groups is 1. The number of amides is 1. The first-order valence-corrected chi connectivity index (χ1v) is 5.98. The predicted octanol–water partition coefficient (Wildman–Crippen LogP) is 3.28. The molecule has 0 atom stereocenters. The Morgan fingerprint density at radius 1 is 1.10 bits per heavy atom. The van der Waals surface area contributed by atoms with Gasteiger partial charge in [-0.1, -0.05) is 35.5 Å². The van der Waals surface area contributed by atoms with E-state index in [9.17, 15) is 4.79 Å². The van der Waals surface area contributed by atoms with Crippen LogP contribution in [0, 0.1) is 0 Å². The standard InChI is InChI=1S/C15H14N2O3/c1-19-14-9-7-13(8-10-14)17-15(18)20-16-11-12-5-3-2-4-6-12/h2-11H,1H3,(H,17,18)/b16-11-. The average molecular weight is 270 g/mol. The third-order valence-electron chi connectivity index (χ3n) is 2.47. The van der Waals surface area contributed by atoms with Gasteiger partial charge in [-0.15, -0.1) is 0 Å². The van der Waals surface area contributed by atoms with Gasteiger partial charge >= 0.3 is 6.09 Å². The first-order chi connectivity index (χ1) is 9.78. The molecule has 0 aliphatic rings. The second kappa shape index (κ2) is 6.94. The fourth-order valence-corrected chi connectivity index (χ4v) is 1.49. The lowest BCUT2D eigenvalue weighted by atomic mass is 10.2. The highest BCUT2D eigenvalue weighted by molar-refractivity contribution is 5.85. The van der Waals surface area contributed by atoms with Crippen molar-refractivity contribution in [2.24, 2.45) is 5.16 Å². The van der Waals surface area contributed by atoms with Crippen molar-refractivity contribution < 1.29 is 14.4 Å². The Balaban J connectivity index is 1.84. The number of methoxy groups -OCH3 is 1. The quantitative estimate of drug-likeness (QED) is 0.527. The zero-order valence-corrected chi connectivity index (χ0v) is 10.9. The number of oxime groups is 1. The van der Waals surface area contributed by atoms with Crippen LogP contribution in [0.2, 0.25) is 0 Å². The minimum atomic E-state index is -0.651. The third-order valence-corrected chi connectivity index (χ3v) is 2.47. The van der Waals surface area contributed by atoms with E-state index in [1.807, 2.05) is 30.3 Å². The molecule has 0 spiro atoms. The van der Waals surface area contributed by atoms with Gasteiger partial charge in [0.1, 0.15) is 5.75 Å². The maximum atomic E-state index is 11.5. The van der Waals surface area contributed by atoms with Crippen LogP contribution >= 0.6 is 0 Å². The number of anilines is 1. The number of nitrogens with zero attached hydrogens (tertiary/aromatic N) is 1. The molecule has 0 aliphatic heterocycles. The van der Waals surface area contributed by atoms with E-state index in [-0.39, 0.29) is 0 Å². The molecule has 0 unspecified atom stereocenters. The number of hydrogen-bond acceptors (Lipinski definition) is 4. The van der Waals surface area contributed by atoms with Gasteiger partial charge in [0, 0.05) is 5.69 Å². The van der Waals surface area contributed by atoms with Crippen molar-refractivity contribution in [3.8, 4) is 5.75 Å². The molecule has 2 aromatic rings. The second-order valence-corrected chi connectivity index (χ2v) is 3.88. The fourth-order valence-electron chi connectivity index (χ4n) is 1.49. The molecule has 2 rings (SSSR count). The Bertz CT molecular complexity index is 580. The number of nitrogens with one attached hydrogen (secondary N) is 1. The molecule has 0 aromatic heterocycles. The van der Waals surface area contributed by atoms with Crippen LogP contribution in [0.25, 0.3) is 0 Å². The highest BCUT2D eigenvalue weighted by Gasteiger charge is 2.02. The maximum absolute atomic E-state index is 11.5. The van der Waals surface area contributed by atoms with Gasteiger partial charge in [-0.3, -0.25) is 10.2 Å². The Kier molecular flexibility index (Phi) is 4.72. The topological polar surface area (TPSA) is 59.9 Å². The molecule has 0 radical (unpaired) electrons. The van der Waals surface area contributed by atoms with Crippen molar-refractivity contribution in [3.63, 3.8) is 0 Å². The van der Waals surface area contributed by atoms with Crippen LogP contribution in [0.1, 0.15) is 5.56 Å². The SMILES string of the molecule is COc1ccc(NC(=O)O/N=C\c2ccccc2)cc1. The Hall–Kier alpha value is -2.82. The van der Waals surface area contributed by atoms with Crippen LogP contribution in [-0.4, -0.2) is 19.4 Å². The van der Waals surface area contributed by atoms with Gasteiger partial charge in [-0.2, -0.15) is 0 Å². The van der Waals surface area contributed by atoms with Crippen molar-refractivity contribution in [1.29, 1.82) is 0 Å². The Morgan fingerprint density at radius 3 is 2.45 bits per heavy atom. The van der Waals surface area contributed by atoms with E-state index in [4.69, 9.17) is 9.57 Å². The zero-order valence-electron chi connectivity index (χ0n) is 10.9. The monoisotopic (exact) mass is 270 g/mol. The van der Waals surface area contributed by atoms with Crippen LogP contribution in [0.3, 0.4) is 0 Å². The van der Waals surface area contributed by atoms with Crippen LogP contribution in [-0.2, 0) is 4.84 Å². The highest BCUT2D eigenvalue weighted by atomic mass is 16.7. The minimum absolute atomic E-state index is 0.603. The molecule has 0 saturated carbocycles. The molecule has 5 nitrogen and oxygen atoms in total. The van der Waals surface area contributed by atoms with E-state index < -0.39 is 6.09 Å². The van der Waals surface area contributed by atoms with Gasteiger partial charge in [0.25, 0.3) is 0 Å². The number of ether oxygens (including phenoxy) is 1. The summed E-state index contributed by atoms with van der Waals surface area (Å²) in [5.74, 6) is 0.714. The molecular weight excluding hydrogens is 256 g/mol. The van der Waals surface area contributed by atoms with Gasteiger partial charge in [0.15, 0.2) is 0 Å². The summed E-state index contributed by atoms with van der Waals surface area (Å²) in [4.78, 5) is 16.2. The van der Waals surface area contributed by atoms with Gasteiger partial charge in [0.05, 0.1) is 13.3 Å². The molecule has 2 aromatic carbocycles. The molecule has 0 fully saturated rings. The Labute approximate surface area is 116 Å². The minimum Gasteiger partial charge on any atom is -0.497 e. The molecule has 5 heteroatoms. The molecule has 1 N–H and O–H groups in total. The number of benzene rings is 2. The van der Waals surface area contributed by atoms with Crippen molar-refractivity contribution in [2.45, 2.75) is 0 Å². The Morgan fingerprint density at radius 2 is 1.80 bits per heavy atom. The van der Waals surface area contributed by atoms with Crippen molar-refractivity contribution in [3.05, 3.63) is 60.2 Å². The first kappa shape index (κ1) is 13.6. The zero-order chi connectivity index (χ0) is 14.2. The highest BCUT2D eigenvalue weighted by Crippen LogP contribution is 2.15. The van der Waals surface area contributed by atoms with Gasteiger partial charge in [0.2, 0.25) is 0 Å². The van der Waals surface area contributed by atoms with Crippen molar-refractivity contribution in [1.82, 2.24) is 0 Å². The maximum Gasteiger partial charge on any atom is 0.437 e. The molecule has 0 heterocycles. The van der Waals surface area contributed by atoms with E-state index in [1.54, 1.807) is 31.4 Å². The normalized spacial score (nSPS) is 10.2. The summed E-state index contributed by atoms with van der Waals surface area (Å²) in [5, 5.41) is 6.16. The lowest BCUT2D eigenvalue weighted by Gasteiger charge is -2.03. The van der Waals surface area contributed by atoms with Crippen LogP contribution in [0.4, 0.5) is 10.5 Å². The average Bonchev–Trinajstić information content (AvgIpc) is 2.49. The van der Waals surface area contributed by atoms with E-state index in [0.29, 0.717) is 11.4 Å². The first-order valence-electron chi connectivity index (χ1n) is 5.98. The molecule has 0 bridgehead atoms. The summed E-state index contributed by atoms with van der Waals surface area (Å²) in [7, 11) is 1.58. The van der Waals surface area contributed by atoms with E-state index in [0.717, 1.165) is 5.56 Å². The fraction of sp³-hybridized carbons (Fsp3) is 0.0667. The van der Waals surface area contributed by atoms with E-state index in [1.165, 1.54) is 6.21 Å². The van der Waals surface area contributed by atoms with Crippen molar-refractivity contribution >= 4 is 18.0 Å². The van der Waals surface area contributed by atoms with Crippen LogP contribution in [0.5, 0.6) is 5.75 Å². The summed E-state index contributed by atoms with van der Waals surface area (Å²) in [6.07, 6.45) is 0.815. The largest absolute Gasteiger partial charge is 0.497 e. The second-order valence-electron chi connectivity index (χ2n) is 3.88. The number of carbonyl (C=O) groups excluding carboxylic acids is 1. The van der Waals surface area contributed by atoms with Gasteiger partial charge in [-0.25, -0.2) is 4.79 Å². The number of rotatable bonds is 4. The van der Waals surface area contributed by atoms with Crippen LogP contribution < -0.4 is 10.1 Å². The smallest absolute Gasteiger partial charge is 0.437 e.